The average Bonchev–Trinajstić information content (AvgIpc) is 2.32. The number of hydrogen-bond acceptors (Lipinski definition) is 3. The molecule has 0 aromatic heterocycles. The Bertz CT molecular complexity index is 462. The largest absolute Gasteiger partial charge is 0.325 e. The third-order valence-corrected chi connectivity index (χ3v) is 4.09. The Balaban J connectivity index is 1.94. The van der Waals surface area contributed by atoms with Crippen LogP contribution in [0.5, 0.6) is 0 Å². The van der Waals surface area contributed by atoms with Gasteiger partial charge in [-0.3, -0.25) is 9.69 Å². The van der Waals surface area contributed by atoms with E-state index in [0.717, 1.165) is 28.9 Å². The Kier molecular flexibility index (Phi) is 4.81. The van der Waals surface area contributed by atoms with Crippen molar-refractivity contribution in [2.75, 3.05) is 31.5 Å². The Morgan fingerprint density at radius 2 is 2.32 bits per heavy atom. The monoisotopic (exact) mass is 373 g/mol. The second-order valence-corrected chi connectivity index (χ2v) is 6.71. The second-order valence-electron chi connectivity index (χ2n) is 5.47. The second kappa shape index (κ2) is 6.19. The first kappa shape index (κ1) is 14.7. The topological polar surface area (TPSA) is 44.4 Å². The molecule has 1 fully saturated rings. The zero-order valence-electron chi connectivity index (χ0n) is 11.4. The van der Waals surface area contributed by atoms with E-state index in [4.69, 9.17) is 0 Å². The molecule has 1 aliphatic rings. The Hall–Kier alpha value is -0.660. The molecule has 1 saturated heterocycles. The molecule has 0 radical (unpaired) electrons. The Morgan fingerprint density at radius 3 is 3.00 bits per heavy atom. The zero-order chi connectivity index (χ0) is 13.9. The maximum absolute atomic E-state index is 12.1. The predicted octanol–water partition coefficient (Wildman–Crippen LogP) is 1.91. The molecule has 0 unspecified atom stereocenters. The molecule has 2 rings (SSSR count). The van der Waals surface area contributed by atoms with Gasteiger partial charge in [0.1, 0.15) is 0 Å². The lowest BCUT2D eigenvalue weighted by atomic mass is 10.0. The fourth-order valence-electron chi connectivity index (χ4n) is 2.26. The molecule has 1 amide bonds. The molecular weight excluding hydrogens is 353 g/mol. The Labute approximate surface area is 128 Å². The van der Waals surface area contributed by atoms with Crippen molar-refractivity contribution in [2.24, 2.45) is 0 Å². The molecule has 19 heavy (non-hydrogen) atoms. The highest BCUT2D eigenvalue weighted by molar-refractivity contribution is 14.1. The minimum absolute atomic E-state index is 0.0285. The van der Waals surface area contributed by atoms with E-state index in [1.165, 1.54) is 0 Å². The normalized spacial score (nSPS) is 19.1. The summed E-state index contributed by atoms with van der Waals surface area (Å²) in [7, 11) is 0. The minimum Gasteiger partial charge on any atom is -0.325 e. The molecule has 1 aliphatic heterocycles. The predicted molar refractivity (Wildman–Crippen MR) is 86.3 cm³/mol. The van der Waals surface area contributed by atoms with Gasteiger partial charge in [-0.2, -0.15) is 0 Å². The van der Waals surface area contributed by atoms with Gasteiger partial charge in [0.15, 0.2) is 0 Å². The van der Waals surface area contributed by atoms with Gasteiger partial charge >= 0.3 is 0 Å². The number of anilines is 1. The quantitative estimate of drug-likeness (QED) is 0.796. The standard InChI is InChI=1S/C14H20IN3O/c1-14(2)10-16-6-7-18(14)9-13(19)17-12-5-3-4-11(15)8-12/h3-5,8,16H,6-7,9-10H2,1-2H3,(H,17,19). The first-order chi connectivity index (χ1) is 8.97. The Morgan fingerprint density at radius 1 is 1.53 bits per heavy atom. The van der Waals surface area contributed by atoms with Gasteiger partial charge < -0.3 is 10.6 Å². The summed E-state index contributed by atoms with van der Waals surface area (Å²) in [6.45, 7) is 7.55. The molecule has 1 aromatic rings. The van der Waals surface area contributed by atoms with Crippen molar-refractivity contribution < 1.29 is 4.79 Å². The first-order valence-corrected chi connectivity index (χ1v) is 7.56. The number of rotatable bonds is 3. The number of carbonyl (C=O) groups excluding carboxylic acids is 1. The maximum Gasteiger partial charge on any atom is 0.238 e. The van der Waals surface area contributed by atoms with E-state index < -0.39 is 0 Å². The van der Waals surface area contributed by atoms with Crippen molar-refractivity contribution in [3.05, 3.63) is 27.8 Å². The minimum atomic E-state index is 0.0285. The highest BCUT2D eigenvalue weighted by Crippen LogP contribution is 2.16. The van der Waals surface area contributed by atoms with Crippen LogP contribution in [0.15, 0.2) is 24.3 Å². The van der Waals surface area contributed by atoms with Crippen LogP contribution in [-0.4, -0.2) is 42.5 Å². The summed E-state index contributed by atoms with van der Waals surface area (Å²) >= 11 is 2.24. The van der Waals surface area contributed by atoms with Crippen molar-refractivity contribution in [1.82, 2.24) is 10.2 Å². The van der Waals surface area contributed by atoms with Crippen molar-refractivity contribution >= 4 is 34.2 Å². The number of hydrogen-bond donors (Lipinski definition) is 2. The van der Waals surface area contributed by atoms with E-state index in [0.29, 0.717) is 6.54 Å². The molecule has 1 aromatic carbocycles. The van der Waals surface area contributed by atoms with Crippen molar-refractivity contribution in [2.45, 2.75) is 19.4 Å². The maximum atomic E-state index is 12.1. The van der Waals surface area contributed by atoms with Crippen LogP contribution in [0.25, 0.3) is 0 Å². The van der Waals surface area contributed by atoms with Crippen LogP contribution in [-0.2, 0) is 4.79 Å². The van der Waals surface area contributed by atoms with Gasteiger partial charge in [-0.25, -0.2) is 0 Å². The number of amides is 1. The van der Waals surface area contributed by atoms with E-state index in [1.807, 2.05) is 24.3 Å². The summed E-state index contributed by atoms with van der Waals surface area (Å²) in [5.41, 5.74) is 0.894. The van der Waals surface area contributed by atoms with Crippen LogP contribution in [0.4, 0.5) is 5.69 Å². The molecule has 0 bridgehead atoms. The van der Waals surface area contributed by atoms with E-state index >= 15 is 0 Å². The van der Waals surface area contributed by atoms with Crippen LogP contribution in [0.2, 0.25) is 0 Å². The van der Waals surface area contributed by atoms with E-state index in [-0.39, 0.29) is 11.4 Å². The lowest BCUT2D eigenvalue weighted by Gasteiger charge is -2.42. The molecular formula is C14H20IN3O. The van der Waals surface area contributed by atoms with Crippen LogP contribution in [0.3, 0.4) is 0 Å². The fourth-order valence-corrected chi connectivity index (χ4v) is 2.80. The van der Waals surface area contributed by atoms with E-state index in [9.17, 15) is 4.79 Å². The van der Waals surface area contributed by atoms with Gasteiger partial charge in [0.25, 0.3) is 0 Å². The number of benzene rings is 1. The molecule has 0 saturated carbocycles. The molecule has 104 valence electrons. The van der Waals surface area contributed by atoms with Crippen LogP contribution in [0, 0.1) is 3.57 Å². The first-order valence-electron chi connectivity index (χ1n) is 6.48. The number of carbonyl (C=O) groups is 1. The lowest BCUT2D eigenvalue weighted by molar-refractivity contribution is -0.119. The molecule has 0 atom stereocenters. The van der Waals surface area contributed by atoms with Crippen molar-refractivity contribution in [3.8, 4) is 0 Å². The SMILES string of the molecule is CC1(C)CNCCN1CC(=O)Nc1cccc(I)c1. The van der Waals surface area contributed by atoms with Gasteiger partial charge in [0, 0.05) is 34.4 Å². The summed E-state index contributed by atoms with van der Waals surface area (Å²) in [6, 6.07) is 7.85. The van der Waals surface area contributed by atoms with Gasteiger partial charge in [-0.15, -0.1) is 0 Å². The average molecular weight is 373 g/mol. The molecule has 0 spiro atoms. The molecule has 2 N–H and O–H groups in total. The van der Waals surface area contributed by atoms with Crippen molar-refractivity contribution in [1.29, 1.82) is 0 Å². The van der Waals surface area contributed by atoms with Gasteiger partial charge in [0.2, 0.25) is 5.91 Å². The summed E-state index contributed by atoms with van der Waals surface area (Å²) in [6.07, 6.45) is 0. The summed E-state index contributed by atoms with van der Waals surface area (Å²) in [5.74, 6) is 0.0528. The van der Waals surface area contributed by atoms with E-state index in [2.05, 4.69) is 52.0 Å². The zero-order valence-corrected chi connectivity index (χ0v) is 13.5. The molecule has 5 heteroatoms. The molecule has 0 aliphatic carbocycles. The van der Waals surface area contributed by atoms with Gasteiger partial charge in [-0.1, -0.05) is 6.07 Å². The third kappa shape index (κ3) is 4.15. The van der Waals surface area contributed by atoms with Crippen LogP contribution < -0.4 is 10.6 Å². The van der Waals surface area contributed by atoms with Gasteiger partial charge in [0.05, 0.1) is 6.54 Å². The number of nitrogens with one attached hydrogen (secondary N) is 2. The summed E-state index contributed by atoms with van der Waals surface area (Å²) in [4.78, 5) is 14.3. The highest BCUT2D eigenvalue weighted by atomic mass is 127. The highest BCUT2D eigenvalue weighted by Gasteiger charge is 2.30. The van der Waals surface area contributed by atoms with Crippen LogP contribution >= 0.6 is 22.6 Å². The number of halogens is 1. The molecule has 4 nitrogen and oxygen atoms in total. The summed E-state index contributed by atoms with van der Waals surface area (Å²) < 4.78 is 1.12. The fraction of sp³-hybridized carbons (Fsp3) is 0.500. The number of nitrogens with zero attached hydrogens (tertiary/aromatic N) is 1. The van der Waals surface area contributed by atoms with Crippen LogP contribution in [0.1, 0.15) is 13.8 Å². The summed E-state index contributed by atoms with van der Waals surface area (Å²) in [5, 5.41) is 6.32. The smallest absolute Gasteiger partial charge is 0.238 e. The number of piperazine rings is 1. The van der Waals surface area contributed by atoms with Gasteiger partial charge in [-0.05, 0) is 54.6 Å². The van der Waals surface area contributed by atoms with E-state index in [1.54, 1.807) is 0 Å². The van der Waals surface area contributed by atoms with Crippen molar-refractivity contribution in [3.63, 3.8) is 0 Å². The lowest BCUT2D eigenvalue weighted by Crippen LogP contribution is -2.59. The third-order valence-electron chi connectivity index (χ3n) is 3.42. The molecule has 1 heterocycles.